The molecular formula is C17H17N3O4S. The molecule has 7 nitrogen and oxygen atoms in total. The zero-order valence-corrected chi connectivity index (χ0v) is 14.5. The fourth-order valence-electron chi connectivity index (χ4n) is 2.40. The summed E-state index contributed by atoms with van der Waals surface area (Å²) in [7, 11) is -2.20. The van der Waals surface area contributed by atoms with Crippen LogP contribution in [0.15, 0.2) is 48.5 Å². The lowest BCUT2D eigenvalue weighted by molar-refractivity contribution is 0.415. The van der Waals surface area contributed by atoms with Crippen LogP contribution in [0.25, 0.3) is 10.9 Å². The summed E-state index contributed by atoms with van der Waals surface area (Å²) in [6.45, 7) is 1.88. The standard InChI is InChI=1S/C17H17N3O4S/c1-11-9-17(15-8-7-14(23-2)10-16(15)19-11)24-13-5-3-12(4-6-13)20-25(18,21)22/h3-10,20H,1-2H3,(H2,18,21,22). The second-order valence-corrected chi connectivity index (χ2v) is 6.71. The van der Waals surface area contributed by atoms with E-state index in [9.17, 15) is 8.42 Å². The number of rotatable bonds is 5. The molecule has 8 heteroatoms. The first-order valence-corrected chi connectivity index (χ1v) is 8.92. The van der Waals surface area contributed by atoms with Crippen LogP contribution < -0.4 is 19.3 Å². The Morgan fingerprint density at radius 2 is 1.72 bits per heavy atom. The van der Waals surface area contributed by atoms with Crippen LogP contribution in [0.3, 0.4) is 0 Å². The number of anilines is 1. The quantitative estimate of drug-likeness (QED) is 0.729. The van der Waals surface area contributed by atoms with Crippen LogP contribution in [0, 0.1) is 6.92 Å². The Morgan fingerprint density at radius 3 is 2.36 bits per heavy atom. The Labute approximate surface area is 145 Å². The molecule has 3 rings (SSSR count). The average molecular weight is 359 g/mol. The Kier molecular flexibility index (Phi) is 4.47. The normalized spacial score (nSPS) is 11.3. The highest BCUT2D eigenvalue weighted by Gasteiger charge is 2.09. The highest BCUT2D eigenvalue weighted by atomic mass is 32.2. The minimum atomic E-state index is -3.80. The second-order valence-electron chi connectivity index (χ2n) is 5.42. The van der Waals surface area contributed by atoms with Crippen molar-refractivity contribution in [2.24, 2.45) is 5.14 Å². The minimum absolute atomic E-state index is 0.357. The van der Waals surface area contributed by atoms with Gasteiger partial charge in [-0.1, -0.05) is 0 Å². The Hall–Kier alpha value is -2.84. The van der Waals surface area contributed by atoms with Gasteiger partial charge in [0.2, 0.25) is 0 Å². The summed E-state index contributed by atoms with van der Waals surface area (Å²) >= 11 is 0. The van der Waals surface area contributed by atoms with Gasteiger partial charge in [0.15, 0.2) is 0 Å². The van der Waals surface area contributed by atoms with Gasteiger partial charge >= 0.3 is 0 Å². The predicted molar refractivity (Wildman–Crippen MR) is 96.3 cm³/mol. The van der Waals surface area contributed by atoms with Gasteiger partial charge in [-0.15, -0.1) is 0 Å². The maximum Gasteiger partial charge on any atom is 0.296 e. The van der Waals surface area contributed by atoms with E-state index in [1.165, 1.54) is 0 Å². The van der Waals surface area contributed by atoms with Gasteiger partial charge in [-0.05, 0) is 43.3 Å². The molecule has 0 spiro atoms. The topological polar surface area (TPSA) is 104 Å². The van der Waals surface area contributed by atoms with E-state index in [0.717, 1.165) is 22.3 Å². The molecule has 0 fully saturated rings. The molecule has 3 aromatic rings. The number of fused-ring (bicyclic) bond motifs is 1. The van der Waals surface area contributed by atoms with E-state index in [1.807, 2.05) is 31.2 Å². The summed E-state index contributed by atoms with van der Waals surface area (Å²) in [6.07, 6.45) is 0. The highest BCUT2D eigenvalue weighted by Crippen LogP contribution is 2.32. The molecule has 0 amide bonds. The summed E-state index contributed by atoms with van der Waals surface area (Å²) in [5, 5.41) is 5.79. The molecule has 130 valence electrons. The molecule has 0 aliphatic rings. The first-order valence-electron chi connectivity index (χ1n) is 7.38. The van der Waals surface area contributed by atoms with Gasteiger partial charge in [0.1, 0.15) is 17.2 Å². The van der Waals surface area contributed by atoms with E-state index < -0.39 is 10.2 Å². The molecule has 1 aromatic heterocycles. The van der Waals surface area contributed by atoms with Crippen molar-refractivity contribution >= 4 is 26.8 Å². The lowest BCUT2D eigenvalue weighted by Crippen LogP contribution is -2.21. The summed E-state index contributed by atoms with van der Waals surface area (Å²) in [5.74, 6) is 1.93. The van der Waals surface area contributed by atoms with Crippen molar-refractivity contribution in [2.75, 3.05) is 11.8 Å². The highest BCUT2D eigenvalue weighted by molar-refractivity contribution is 7.90. The number of nitrogens with zero attached hydrogens (tertiary/aromatic N) is 1. The van der Waals surface area contributed by atoms with Crippen molar-refractivity contribution < 1.29 is 17.9 Å². The number of pyridine rings is 1. The monoisotopic (exact) mass is 359 g/mol. The lowest BCUT2D eigenvalue weighted by atomic mass is 10.1. The van der Waals surface area contributed by atoms with E-state index >= 15 is 0 Å². The van der Waals surface area contributed by atoms with Gasteiger partial charge in [-0.2, -0.15) is 8.42 Å². The number of aromatic nitrogens is 1. The average Bonchev–Trinajstić information content (AvgIpc) is 2.54. The van der Waals surface area contributed by atoms with Crippen LogP contribution in [0.5, 0.6) is 17.2 Å². The molecule has 2 aromatic carbocycles. The third-order valence-electron chi connectivity index (χ3n) is 3.45. The van der Waals surface area contributed by atoms with Crippen LogP contribution in [-0.2, 0) is 10.2 Å². The molecule has 0 saturated carbocycles. The molecular weight excluding hydrogens is 342 g/mol. The molecule has 0 unspecified atom stereocenters. The maximum absolute atomic E-state index is 11.0. The van der Waals surface area contributed by atoms with Crippen LogP contribution in [0.4, 0.5) is 5.69 Å². The van der Waals surface area contributed by atoms with E-state index in [4.69, 9.17) is 14.6 Å². The zero-order chi connectivity index (χ0) is 18.0. The molecule has 0 aliphatic carbocycles. The fourth-order valence-corrected chi connectivity index (χ4v) is 2.86. The minimum Gasteiger partial charge on any atom is -0.497 e. The van der Waals surface area contributed by atoms with Gasteiger partial charge in [0, 0.05) is 28.9 Å². The molecule has 0 radical (unpaired) electrons. The Morgan fingerprint density at radius 1 is 1.04 bits per heavy atom. The number of nitrogens with one attached hydrogen (secondary N) is 1. The van der Waals surface area contributed by atoms with Gasteiger partial charge < -0.3 is 9.47 Å². The first-order chi connectivity index (χ1) is 11.8. The SMILES string of the molecule is COc1ccc2c(Oc3ccc(NS(N)(=O)=O)cc3)cc(C)nc2c1. The summed E-state index contributed by atoms with van der Waals surface area (Å²) in [6, 6.07) is 13.8. The van der Waals surface area contributed by atoms with E-state index in [-0.39, 0.29) is 0 Å². The van der Waals surface area contributed by atoms with Crippen molar-refractivity contribution in [3.8, 4) is 17.2 Å². The largest absolute Gasteiger partial charge is 0.497 e. The number of hydrogen-bond acceptors (Lipinski definition) is 5. The third-order valence-corrected chi connectivity index (χ3v) is 3.97. The van der Waals surface area contributed by atoms with E-state index in [1.54, 1.807) is 31.4 Å². The number of hydrogen-bond donors (Lipinski definition) is 2. The van der Waals surface area contributed by atoms with E-state index in [2.05, 4.69) is 9.71 Å². The Bertz CT molecular complexity index is 1020. The predicted octanol–water partition coefficient (Wildman–Crippen LogP) is 2.96. The van der Waals surface area contributed by atoms with Crippen LogP contribution in [0.1, 0.15) is 5.69 Å². The van der Waals surface area contributed by atoms with Crippen molar-refractivity contribution in [3.05, 3.63) is 54.2 Å². The number of nitrogens with two attached hydrogens (primary N) is 1. The van der Waals surface area contributed by atoms with Crippen molar-refractivity contribution in [3.63, 3.8) is 0 Å². The lowest BCUT2D eigenvalue weighted by Gasteiger charge is -2.11. The van der Waals surface area contributed by atoms with Crippen molar-refractivity contribution in [1.82, 2.24) is 4.98 Å². The van der Waals surface area contributed by atoms with Gasteiger partial charge in [0.25, 0.3) is 10.2 Å². The maximum atomic E-state index is 11.0. The molecule has 0 saturated heterocycles. The summed E-state index contributed by atoms with van der Waals surface area (Å²) in [4.78, 5) is 4.49. The number of methoxy groups -OCH3 is 1. The summed E-state index contributed by atoms with van der Waals surface area (Å²) < 4.78 is 35.4. The number of benzene rings is 2. The number of aryl methyl sites for hydroxylation is 1. The molecule has 25 heavy (non-hydrogen) atoms. The molecule has 0 bridgehead atoms. The smallest absolute Gasteiger partial charge is 0.296 e. The fraction of sp³-hybridized carbons (Fsp3) is 0.118. The number of ether oxygens (including phenoxy) is 2. The van der Waals surface area contributed by atoms with Gasteiger partial charge in [0.05, 0.1) is 12.6 Å². The Balaban J connectivity index is 1.92. The summed E-state index contributed by atoms with van der Waals surface area (Å²) in [5.41, 5.74) is 1.93. The van der Waals surface area contributed by atoms with E-state index in [0.29, 0.717) is 17.2 Å². The third kappa shape index (κ3) is 4.17. The van der Waals surface area contributed by atoms with Gasteiger partial charge in [-0.25, -0.2) is 5.14 Å². The van der Waals surface area contributed by atoms with Gasteiger partial charge in [-0.3, -0.25) is 9.71 Å². The van der Waals surface area contributed by atoms with Crippen LogP contribution in [-0.4, -0.2) is 20.5 Å². The second kappa shape index (κ2) is 6.58. The molecule has 0 aliphatic heterocycles. The molecule has 3 N–H and O–H groups in total. The van der Waals surface area contributed by atoms with Crippen LogP contribution in [0.2, 0.25) is 0 Å². The van der Waals surface area contributed by atoms with Crippen molar-refractivity contribution in [2.45, 2.75) is 6.92 Å². The molecule has 0 atom stereocenters. The van der Waals surface area contributed by atoms with Crippen molar-refractivity contribution in [1.29, 1.82) is 0 Å². The van der Waals surface area contributed by atoms with Crippen LogP contribution >= 0.6 is 0 Å². The zero-order valence-electron chi connectivity index (χ0n) is 13.7. The first kappa shape index (κ1) is 17.0. The molecule has 1 heterocycles.